The molecular formula is C19H27F3N4S. The first-order chi connectivity index (χ1) is 13.0. The first-order valence-corrected chi connectivity index (χ1v) is 11.0. The van der Waals surface area contributed by atoms with Crippen molar-refractivity contribution in [2.24, 2.45) is 0 Å². The van der Waals surface area contributed by atoms with Gasteiger partial charge in [0.2, 0.25) is 0 Å². The average Bonchev–Trinajstić information content (AvgIpc) is 3.23. The van der Waals surface area contributed by atoms with Crippen LogP contribution in [0.2, 0.25) is 0 Å². The SMILES string of the molecule is FC(F)(F)c1ccc(N2CCN(C3CCN([C@H]4CCSC4)CC3)CC2)nc1. The van der Waals surface area contributed by atoms with Gasteiger partial charge in [-0.3, -0.25) is 9.80 Å². The molecule has 27 heavy (non-hydrogen) atoms. The van der Waals surface area contributed by atoms with E-state index < -0.39 is 11.7 Å². The van der Waals surface area contributed by atoms with Crippen molar-refractivity contribution in [1.29, 1.82) is 0 Å². The van der Waals surface area contributed by atoms with E-state index in [-0.39, 0.29) is 0 Å². The monoisotopic (exact) mass is 400 g/mol. The highest BCUT2D eigenvalue weighted by molar-refractivity contribution is 7.99. The number of halogens is 3. The number of rotatable bonds is 3. The average molecular weight is 401 g/mol. The Bertz CT molecular complexity index is 602. The number of thioether (sulfide) groups is 1. The third-order valence-electron chi connectivity index (χ3n) is 6.15. The molecule has 0 N–H and O–H groups in total. The van der Waals surface area contributed by atoms with Crippen molar-refractivity contribution < 1.29 is 13.2 Å². The van der Waals surface area contributed by atoms with Gasteiger partial charge >= 0.3 is 6.18 Å². The van der Waals surface area contributed by atoms with Gasteiger partial charge in [0.15, 0.2) is 0 Å². The summed E-state index contributed by atoms with van der Waals surface area (Å²) in [5.41, 5.74) is -0.683. The molecule has 1 aromatic rings. The minimum absolute atomic E-state index is 0.649. The standard InChI is InChI=1S/C19H27F3N4S/c20-19(21,22)15-1-2-18(23-13-15)26-10-8-25(9-11-26)16-3-6-24(7-4-16)17-5-12-27-14-17/h1-2,13,16-17H,3-12,14H2/t17-/m0/s1. The molecule has 0 aromatic carbocycles. The highest BCUT2D eigenvalue weighted by Gasteiger charge is 2.33. The molecule has 0 amide bonds. The third-order valence-corrected chi connectivity index (χ3v) is 7.30. The zero-order valence-corrected chi connectivity index (χ0v) is 16.3. The molecule has 1 atom stereocenters. The summed E-state index contributed by atoms with van der Waals surface area (Å²) in [5, 5.41) is 0. The van der Waals surface area contributed by atoms with Crippen LogP contribution in [0.3, 0.4) is 0 Å². The molecule has 0 unspecified atom stereocenters. The molecule has 0 spiro atoms. The van der Waals surface area contributed by atoms with Gasteiger partial charge in [0.1, 0.15) is 5.82 Å². The van der Waals surface area contributed by atoms with Crippen molar-refractivity contribution in [3.8, 4) is 0 Å². The second-order valence-electron chi connectivity index (χ2n) is 7.71. The number of likely N-dealkylation sites (tertiary alicyclic amines) is 1. The molecule has 0 radical (unpaired) electrons. The fourth-order valence-electron chi connectivity index (χ4n) is 4.48. The van der Waals surface area contributed by atoms with Gasteiger partial charge in [-0.25, -0.2) is 4.98 Å². The van der Waals surface area contributed by atoms with Gasteiger partial charge < -0.3 is 4.90 Å². The largest absolute Gasteiger partial charge is 0.417 e. The van der Waals surface area contributed by atoms with E-state index in [0.29, 0.717) is 11.9 Å². The Balaban J connectivity index is 1.25. The summed E-state index contributed by atoms with van der Waals surface area (Å²) >= 11 is 2.08. The summed E-state index contributed by atoms with van der Waals surface area (Å²) in [4.78, 5) is 11.4. The normalized spacial score (nSPS) is 26.6. The molecule has 0 aliphatic carbocycles. The number of anilines is 1. The summed E-state index contributed by atoms with van der Waals surface area (Å²) in [6.07, 6.45) is 0.433. The van der Waals surface area contributed by atoms with Crippen molar-refractivity contribution in [1.82, 2.24) is 14.8 Å². The summed E-state index contributed by atoms with van der Waals surface area (Å²) < 4.78 is 38.0. The topological polar surface area (TPSA) is 22.6 Å². The van der Waals surface area contributed by atoms with Gasteiger partial charge in [-0.1, -0.05) is 0 Å². The maximum atomic E-state index is 12.7. The van der Waals surface area contributed by atoms with Gasteiger partial charge in [-0.15, -0.1) is 0 Å². The number of nitrogens with zero attached hydrogens (tertiary/aromatic N) is 4. The van der Waals surface area contributed by atoms with Crippen LogP contribution in [-0.4, -0.2) is 77.6 Å². The number of hydrogen-bond donors (Lipinski definition) is 0. The lowest BCUT2D eigenvalue weighted by atomic mass is 10.0. The molecule has 4 rings (SSSR count). The predicted octanol–water partition coefficient (Wildman–Crippen LogP) is 3.19. The second-order valence-corrected chi connectivity index (χ2v) is 8.86. The van der Waals surface area contributed by atoms with Gasteiger partial charge in [-0.2, -0.15) is 24.9 Å². The van der Waals surface area contributed by atoms with Crippen LogP contribution in [0.5, 0.6) is 0 Å². The number of alkyl halides is 3. The Kier molecular flexibility index (Phi) is 5.85. The van der Waals surface area contributed by atoms with Crippen molar-refractivity contribution in [2.45, 2.75) is 37.5 Å². The fraction of sp³-hybridized carbons (Fsp3) is 0.737. The Labute approximate surface area is 163 Å². The highest BCUT2D eigenvalue weighted by atomic mass is 32.2. The molecule has 3 fully saturated rings. The van der Waals surface area contributed by atoms with Crippen LogP contribution >= 0.6 is 11.8 Å². The Hall–Kier alpha value is -0.990. The van der Waals surface area contributed by atoms with Crippen LogP contribution in [-0.2, 0) is 6.18 Å². The molecule has 0 saturated carbocycles. The number of piperazine rings is 1. The third kappa shape index (κ3) is 4.54. The van der Waals surface area contributed by atoms with Crippen molar-refractivity contribution in [2.75, 3.05) is 55.7 Å². The summed E-state index contributed by atoms with van der Waals surface area (Å²) in [6.45, 7) is 6.00. The second kappa shape index (κ2) is 8.17. The Morgan fingerprint density at radius 1 is 0.889 bits per heavy atom. The van der Waals surface area contributed by atoms with E-state index in [0.717, 1.165) is 44.5 Å². The Morgan fingerprint density at radius 3 is 2.15 bits per heavy atom. The van der Waals surface area contributed by atoms with Crippen LogP contribution < -0.4 is 4.90 Å². The van der Waals surface area contributed by atoms with Crippen molar-refractivity contribution >= 4 is 17.6 Å². The summed E-state index contributed by atoms with van der Waals surface area (Å²) in [5.74, 6) is 3.25. The van der Waals surface area contributed by atoms with Crippen LogP contribution in [0, 0.1) is 0 Å². The van der Waals surface area contributed by atoms with Gasteiger partial charge in [0.25, 0.3) is 0 Å². The molecule has 3 saturated heterocycles. The van der Waals surface area contributed by atoms with Crippen molar-refractivity contribution in [3.05, 3.63) is 23.9 Å². The number of hydrogen-bond acceptors (Lipinski definition) is 5. The van der Waals surface area contributed by atoms with Gasteiger partial charge in [0.05, 0.1) is 5.56 Å². The lowest BCUT2D eigenvalue weighted by molar-refractivity contribution is -0.137. The fourth-order valence-corrected chi connectivity index (χ4v) is 5.74. The Morgan fingerprint density at radius 2 is 1.59 bits per heavy atom. The number of pyridine rings is 1. The van der Waals surface area contributed by atoms with Crippen LogP contribution in [0.1, 0.15) is 24.8 Å². The van der Waals surface area contributed by atoms with E-state index in [9.17, 15) is 13.2 Å². The maximum absolute atomic E-state index is 12.7. The smallest absolute Gasteiger partial charge is 0.354 e. The van der Waals surface area contributed by atoms with E-state index in [4.69, 9.17) is 0 Å². The lowest BCUT2D eigenvalue weighted by Gasteiger charge is -2.44. The summed E-state index contributed by atoms with van der Waals surface area (Å²) in [7, 11) is 0. The van der Waals surface area contributed by atoms with Gasteiger partial charge in [-0.05, 0) is 50.2 Å². The molecule has 4 heterocycles. The maximum Gasteiger partial charge on any atom is 0.417 e. The minimum Gasteiger partial charge on any atom is -0.354 e. The number of piperidine rings is 1. The van der Waals surface area contributed by atoms with Crippen molar-refractivity contribution in [3.63, 3.8) is 0 Å². The molecule has 3 aliphatic rings. The summed E-state index contributed by atoms with van der Waals surface area (Å²) in [6, 6.07) is 4.07. The van der Waals surface area contributed by atoms with Crippen LogP contribution in [0.4, 0.5) is 19.0 Å². The molecule has 3 aliphatic heterocycles. The predicted molar refractivity (Wildman–Crippen MR) is 103 cm³/mol. The molecule has 150 valence electrons. The van der Waals surface area contributed by atoms with Crippen LogP contribution in [0.25, 0.3) is 0 Å². The molecule has 8 heteroatoms. The molecule has 4 nitrogen and oxygen atoms in total. The molecule has 0 bridgehead atoms. The van der Waals surface area contributed by atoms with Crippen LogP contribution in [0.15, 0.2) is 18.3 Å². The highest BCUT2D eigenvalue weighted by Crippen LogP contribution is 2.30. The minimum atomic E-state index is -4.32. The molecular weight excluding hydrogens is 373 g/mol. The lowest BCUT2D eigenvalue weighted by Crippen LogP contribution is -2.54. The number of aromatic nitrogens is 1. The first-order valence-electron chi connectivity index (χ1n) is 9.85. The zero-order valence-electron chi connectivity index (χ0n) is 15.5. The first kappa shape index (κ1) is 19.3. The quantitative estimate of drug-likeness (QED) is 0.775. The van der Waals surface area contributed by atoms with E-state index in [1.54, 1.807) is 0 Å². The zero-order chi connectivity index (χ0) is 18.9. The van der Waals surface area contributed by atoms with E-state index >= 15 is 0 Å². The van der Waals surface area contributed by atoms with E-state index in [2.05, 4.69) is 31.4 Å². The van der Waals surface area contributed by atoms with E-state index in [1.165, 1.54) is 49.9 Å². The van der Waals surface area contributed by atoms with E-state index in [1.807, 2.05) is 0 Å². The molecule has 1 aromatic heterocycles. The van der Waals surface area contributed by atoms with Gasteiger partial charge in [0, 0.05) is 50.2 Å².